The van der Waals surface area contributed by atoms with Crippen molar-refractivity contribution < 1.29 is 4.74 Å². The number of pyridine rings is 2. The molecule has 7 nitrogen and oxygen atoms in total. The summed E-state index contributed by atoms with van der Waals surface area (Å²) in [5, 5.41) is 0. The monoisotopic (exact) mass is 414 g/mol. The van der Waals surface area contributed by atoms with Crippen molar-refractivity contribution >= 4 is 22.4 Å². The van der Waals surface area contributed by atoms with Gasteiger partial charge in [-0.15, -0.1) is 0 Å². The lowest BCUT2D eigenvalue weighted by atomic mass is 10.1. The largest absolute Gasteiger partial charge is 0.378 e. The molecule has 0 amide bonds. The lowest BCUT2D eigenvalue weighted by Crippen LogP contribution is -2.36. The molecule has 0 saturated carbocycles. The van der Waals surface area contributed by atoms with E-state index in [2.05, 4.69) is 51.2 Å². The number of likely N-dealkylation sites (N-methyl/N-ethyl adjacent to an activating group) is 1. The number of allylic oxidation sites excluding steroid dienone is 3. The van der Waals surface area contributed by atoms with Crippen LogP contribution in [0.4, 0.5) is 5.82 Å². The number of anilines is 1. The van der Waals surface area contributed by atoms with Crippen molar-refractivity contribution in [1.29, 1.82) is 0 Å². The molecule has 5 rings (SSSR count). The summed E-state index contributed by atoms with van der Waals surface area (Å²) < 4.78 is 7.78. The fourth-order valence-corrected chi connectivity index (χ4v) is 4.08. The van der Waals surface area contributed by atoms with Crippen LogP contribution in [0.3, 0.4) is 0 Å². The van der Waals surface area contributed by atoms with E-state index in [0.29, 0.717) is 6.54 Å². The lowest BCUT2D eigenvalue weighted by molar-refractivity contribution is 0.122. The minimum absolute atomic E-state index is 0.704. The van der Waals surface area contributed by atoms with Crippen LogP contribution in [-0.2, 0) is 11.3 Å². The van der Waals surface area contributed by atoms with Gasteiger partial charge in [-0.05, 0) is 36.3 Å². The average Bonchev–Trinajstić information content (AvgIpc) is 3.16. The van der Waals surface area contributed by atoms with Crippen LogP contribution in [0, 0.1) is 0 Å². The van der Waals surface area contributed by atoms with Gasteiger partial charge in [0.15, 0.2) is 0 Å². The second kappa shape index (κ2) is 8.00. The molecule has 0 bridgehead atoms. The maximum atomic E-state index is 5.51. The molecule has 3 aromatic rings. The van der Waals surface area contributed by atoms with Crippen LogP contribution in [-0.4, -0.2) is 57.8 Å². The van der Waals surface area contributed by atoms with Gasteiger partial charge in [0.2, 0.25) is 0 Å². The van der Waals surface area contributed by atoms with E-state index in [9.17, 15) is 0 Å². The van der Waals surface area contributed by atoms with Gasteiger partial charge >= 0.3 is 0 Å². The predicted molar refractivity (Wildman–Crippen MR) is 123 cm³/mol. The summed E-state index contributed by atoms with van der Waals surface area (Å²) in [6.45, 7) is 10.1. The van der Waals surface area contributed by atoms with E-state index in [4.69, 9.17) is 14.7 Å². The molecule has 0 atom stereocenters. The smallest absolute Gasteiger partial charge is 0.143 e. The second-order valence-corrected chi connectivity index (χ2v) is 7.98. The van der Waals surface area contributed by atoms with Crippen LogP contribution in [0.15, 0.2) is 66.9 Å². The highest BCUT2D eigenvalue weighted by molar-refractivity contribution is 5.84. The molecule has 2 aliphatic heterocycles. The summed E-state index contributed by atoms with van der Waals surface area (Å²) in [5.41, 5.74) is 6.33. The topological polar surface area (TPSA) is 59.3 Å². The SMILES string of the molecule is C=C1C(C)=CC(c2nc3cnc(N4CCOCC4)cc3n2Cc2ccncc2)=CN1C. The number of morpholine rings is 1. The van der Waals surface area contributed by atoms with Crippen molar-refractivity contribution in [3.63, 3.8) is 0 Å². The first kappa shape index (κ1) is 19.5. The molecule has 5 heterocycles. The van der Waals surface area contributed by atoms with Crippen molar-refractivity contribution in [3.8, 4) is 0 Å². The van der Waals surface area contributed by atoms with E-state index in [-0.39, 0.29) is 0 Å². The zero-order chi connectivity index (χ0) is 21.4. The molecular weight excluding hydrogens is 388 g/mol. The molecule has 0 unspecified atom stereocenters. The number of aromatic nitrogens is 4. The number of hydrogen-bond acceptors (Lipinski definition) is 6. The van der Waals surface area contributed by atoms with E-state index in [1.807, 2.05) is 37.8 Å². The first-order chi connectivity index (χ1) is 15.1. The molecule has 1 saturated heterocycles. The van der Waals surface area contributed by atoms with E-state index in [1.165, 1.54) is 5.56 Å². The van der Waals surface area contributed by atoms with E-state index >= 15 is 0 Å². The molecule has 0 radical (unpaired) electrons. The maximum Gasteiger partial charge on any atom is 0.143 e. The van der Waals surface area contributed by atoms with Crippen LogP contribution in [0.1, 0.15) is 18.3 Å². The van der Waals surface area contributed by atoms with Crippen molar-refractivity contribution in [2.45, 2.75) is 13.5 Å². The third kappa shape index (κ3) is 3.72. The normalized spacial score (nSPS) is 17.2. The van der Waals surface area contributed by atoms with Crippen molar-refractivity contribution in [1.82, 2.24) is 24.4 Å². The summed E-state index contributed by atoms with van der Waals surface area (Å²) in [6, 6.07) is 6.24. The quantitative estimate of drug-likeness (QED) is 0.652. The number of nitrogens with zero attached hydrogens (tertiary/aromatic N) is 6. The van der Waals surface area contributed by atoms with Crippen molar-refractivity contribution in [3.05, 3.63) is 78.3 Å². The number of imidazole rings is 1. The van der Waals surface area contributed by atoms with Gasteiger partial charge in [-0.3, -0.25) is 4.98 Å². The van der Waals surface area contributed by atoms with Gasteiger partial charge in [0.25, 0.3) is 0 Å². The fraction of sp³-hybridized carbons (Fsp3) is 0.292. The van der Waals surface area contributed by atoms with E-state index in [0.717, 1.165) is 65.8 Å². The van der Waals surface area contributed by atoms with Gasteiger partial charge in [0, 0.05) is 62.6 Å². The second-order valence-electron chi connectivity index (χ2n) is 7.98. The molecule has 158 valence electrons. The Hall–Kier alpha value is -3.45. The van der Waals surface area contributed by atoms with Crippen LogP contribution in [0.5, 0.6) is 0 Å². The predicted octanol–water partition coefficient (Wildman–Crippen LogP) is 3.46. The fourth-order valence-electron chi connectivity index (χ4n) is 4.08. The molecule has 3 aromatic heterocycles. The number of ether oxygens (including phenoxy) is 1. The Morgan fingerprint density at radius 1 is 1.16 bits per heavy atom. The lowest BCUT2D eigenvalue weighted by Gasteiger charge is -2.27. The average molecular weight is 415 g/mol. The summed E-state index contributed by atoms with van der Waals surface area (Å²) in [6.07, 6.45) is 9.79. The van der Waals surface area contributed by atoms with Crippen LogP contribution in [0.2, 0.25) is 0 Å². The highest BCUT2D eigenvalue weighted by atomic mass is 16.5. The van der Waals surface area contributed by atoms with Crippen molar-refractivity contribution in [2.24, 2.45) is 0 Å². The molecule has 0 aliphatic carbocycles. The molecular formula is C24H26N6O. The number of hydrogen-bond donors (Lipinski definition) is 0. The Morgan fingerprint density at radius 3 is 2.68 bits per heavy atom. The molecule has 31 heavy (non-hydrogen) atoms. The van der Waals surface area contributed by atoms with Gasteiger partial charge in [-0.2, -0.15) is 0 Å². The summed E-state index contributed by atoms with van der Waals surface area (Å²) in [5.74, 6) is 1.89. The van der Waals surface area contributed by atoms with Gasteiger partial charge < -0.3 is 19.1 Å². The highest BCUT2D eigenvalue weighted by Gasteiger charge is 2.20. The molecule has 2 aliphatic rings. The van der Waals surface area contributed by atoms with Crippen LogP contribution >= 0.6 is 0 Å². The Kier molecular flexibility index (Phi) is 5.03. The molecule has 0 aromatic carbocycles. The van der Waals surface area contributed by atoms with E-state index < -0.39 is 0 Å². The van der Waals surface area contributed by atoms with Gasteiger partial charge in [0.1, 0.15) is 17.2 Å². The third-order valence-corrected chi connectivity index (χ3v) is 5.89. The molecule has 0 N–H and O–H groups in total. The number of rotatable bonds is 4. The van der Waals surface area contributed by atoms with Gasteiger partial charge in [0.05, 0.1) is 24.9 Å². The zero-order valence-electron chi connectivity index (χ0n) is 18.0. The van der Waals surface area contributed by atoms with Crippen LogP contribution in [0.25, 0.3) is 16.6 Å². The summed E-state index contributed by atoms with van der Waals surface area (Å²) in [7, 11) is 2.02. The van der Waals surface area contributed by atoms with Gasteiger partial charge in [-0.1, -0.05) is 6.58 Å². The highest BCUT2D eigenvalue weighted by Crippen LogP contribution is 2.31. The molecule has 0 spiro atoms. The van der Waals surface area contributed by atoms with Gasteiger partial charge in [-0.25, -0.2) is 9.97 Å². The number of fused-ring (bicyclic) bond motifs is 1. The first-order valence-electron chi connectivity index (χ1n) is 10.5. The summed E-state index contributed by atoms with van der Waals surface area (Å²) >= 11 is 0. The third-order valence-electron chi connectivity index (χ3n) is 5.89. The summed E-state index contributed by atoms with van der Waals surface area (Å²) in [4.78, 5) is 18.2. The first-order valence-corrected chi connectivity index (χ1v) is 10.5. The standard InChI is InChI=1S/C24H26N6O/c1-17-12-20(16-28(3)18(17)2)24-27-21-14-26-23(29-8-10-31-11-9-29)13-22(21)30(24)15-19-4-6-25-7-5-19/h4-7,12-14,16H,2,8-11,15H2,1,3H3. The molecule has 7 heteroatoms. The Bertz CT molecular complexity index is 1190. The van der Waals surface area contributed by atoms with E-state index in [1.54, 1.807) is 0 Å². The minimum atomic E-state index is 0.704. The van der Waals surface area contributed by atoms with Crippen molar-refractivity contribution in [2.75, 3.05) is 38.3 Å². The van der Waals surface area contributed by atoms with Crippen LogP contribution < -0.4 is 4.90 Å². The maximum absolute atomic E-state index is 5.51. The molecule has 1 fully saturated rings. The Labute approximate surface area is 182 Å². The minimum Gasteiger partial charge on any atom is -0.378 e. The Morgan fingerprint density at radius 2 is 1.94 bits per heavy atom. The zero-order valence-corrected chi connectivity index (χ0v) is 18.0. The Balaban J connectivity index is 1.64.